The Morgan fingerprint density at radius 3 is 3.00 bits per heavy atom. The van der Waals surface area contributed by atoms with E-state index in [4.69, 9.17) is 9.05 Å². The molecule has 1 fully saturated rings. The van der Waals surface area contributed by atoms with Crippen molar-refractivity contribution in [2.24, 2.45) is 0 Å². The van der Waals surface area contributed by atoms with Crippen LogP contribution in [-0.4, -0.2) is 39.2 Å². The molecule has 0 aromatic carbocycles. The first-order valence-corrected chi connectivity index (χ1v) is 7.45. The maximum Gasteiger partial charge on any atom is 0.239 e. The van der Waals surface area contributed by atoms with Gasteiger partial charge in [0.2, 0.25) is 11.8 Å². The van der Waals surface area contributed by atoms with Gasteiger partial charge in [0.05, 0.1) is 12.6 Å². The van der Waals surface area contributed by atoms with Crippen molar-refractivity contribution < 1.29 is 13.8 Å². The lowest BCUT2D eigenvalue weighted by Gasteiger charge is -2.20. The van der Waals surface area contributed by atoms with Crippen LogP contribution in [0.5, 0.6) is 0 Å². The van der Waals surface area contributed by atoms with Crippen LogP contribution in [0.25, 0.3) is 0 Å². The van der Waals surface area contributed by atoms with Gasteiger partial charge in [-0.3, -0.25) is 9.69 Å². The summed E-state index contributed by atoms with van der Waals surface area (Å²) in [6, 6.07) is 1.72. The number of carbonyl (C=O) groups is 1. The zero-order valence-electron chi connectivity index (χ0n) is 12.7. The minimum atomic E-state index is -0.126. The fourth-order valence-electron chi connectivity index (χ4n) is 2.65. The molecule has 8 heteroatoms. The largest absolute Gasteiger partial charge is 0.360 e. The summed E-state index contributed by atoms with van der Waals surface area (Å²) in [5.41, 5.74) is 0. The first kappa shape index (κ1) is 14.7. The van der Waals surface area contributed by atoms with Crippen LogP contribution in [0.15, 0.2) is 15.1 Å². The summed E-state index contributed by atoms with van der Waals surface area (Å²) in [5.74, 6) is 2.27. The highest BCUT2D eigenvalue weighted by atomic mass is 16.5. The van der Waals surface area contributed by atoms with Gasteiger partial charge in [0, 0.05) is 12.5 Å². The third kappa shape index (κ3) is 3.16. The highest BCUT2D eigenvalue weighted by Gasteiger charge is 2.31. The predicted octanol–water partition coefficient (Wildman–Crippen LogP) is 1.70. The molecule has 2 aromatic heterocycles. The van der Waals surface area contributed by atoms with E-state index >= 15 is 0 Å². The van der Waals surface area contributed by atoms with Crippen LogP contribution < -0.4 is 5.32 Å². The summed E-state index contributed by atoms with van der Waals surface area (Å²) in [6.07, 6.45) is 2.65. The zero-order chi connectivity index (χ0) is 15.5. The zero-order valence-corrected chi connectivity index (χ0v) is 12.7. The van der Waals surface area contributed by atoms with Crippen molar-refractivity contribution in [1.29, 1.82) is 0 Å². The number of carbonyl (C=O) groups excluding carboxylic acids is 1. The average Bonchev–Trinajstić information content (AvgIpc) is 3.19. The third-order valence-corrected chi connectivity index (χ3v) is 3.69. The number of hydrogen-bond acceptors (Lipinski definition) is 7. The maximum absolute atomic E-state index is 12.1. The SMILES string of the molecule is CCc1nc([C@H]2CCCN2CC(=O)Nc2cc(C)on2)no1. The van der Waals surface area contributed by atoms with E-state index in [0.717, 1.165) is 19.4 Å². The summed E-state index contributed by atoms with van der Waals surface area (Å²) >= 11 is 0. The van der Waals surface area contributed by atoms with Crippen LogP contribution >= 0.6 is 0 Å². The van der Waals surface area contributed by atoms with Crippen molar-refractivity contribution in [1.82, 2.24) is 20.2 Å². The summed E-state index contributed by atoms with van der Waals surface area (Å²) < 4.78 is 10.1. The molecule has 1 aliphatic heterocycles. The Kier molecular flexibility index (Phi) is 4.19. The maximum atomic E-state index is 12.1. The highest BCUT2D eigenvalue weighted by molar-refractivity contribution is 5.91. The van der Waals surface area contributed by atoms with E-state index in [9.17, 15) is 4.79 Å². The topological polar surface area (TPSA) is 97.3 Å². The molecule has 0 aliphatic carbocycles. The number of aryl methyl sites for hydroxylation is 2. The molecule has 1 saturated heterocycles. The molecule has 0 bridgehead atoms. The smallest absolute Gasteiger partial charge is 0.239 e. The second-order valence-corrected chi connectivity index (χ2v) is 5.40. The van der Waals surface area contributed by atoms with Crippen molar-refractivity contribution in [3.05, 3.63) is 23.5 Å². The summed E-state index contributed by atoms with van der Waals surface area (Å²) in [7, 11) is 0. The third-order valence-electron chi connectivity index (χ3n) is 3.69. The van der Waals surface area contributed by atoms with E-state index in [0.29, 0.717) is 29.7 Å². The molecule has 3 heterocycles. The number of rotatable bonds is 5. The number of anilines is 1. The molecule has 0 saturated carbocycles. The Bertz CT molecular complexity index is 650. The normalized spacial score (nSPS) is 18.7. The summed E-state index contributed by atoms with van der Waals surface area (Å²) in [5, 5.41) is 10.5. The first-order valence-electron chi connectivity index (χ1n) is 7.45. The van der Waals surface area contributed by atoms with Gasteiger partial charge in [0.25, 0.3) is 0 Å². The number of amides is 1. The molecule has 1 amide bonds. The molecule has 1 aliphatic rings. The van der Waals surface area contributed by atoms with E-state index in [-0.39, 0.29) is 18.5 Å². The minimum Gasteiger partial charge on any atom is -0.360 e. The molecule has 0 radical (unpaired) electrons. The lowest BCUT2D eigenvalue weighted by Crippen LogP contribution is -2.33. The Morgan fingerprint density at radius 2 is 2.32 bits per heavy atom. The number of nitrogens with zero attached hydrogens (tertiary/aromatic N) is 4. The van der Waals surface area contributed by atoms with Crippen LogP contribution in [0.1, 0.15) is 43.3 Å². The van der Waals surface area contributed by atoms with Gasteiger partial charge in [-0.25, -0.2) is 0 Å². The number of hydrogen-bond donors (Lipinski definition) is 1. The van der Waals surface area contributed by atoms with Gasteiger partial charge < -0.3 is 14.4 Å². The molecule has 118 valence electrons. The van der Waals surface area contributed by atoms with Gasteiger partial charge in [0.15, 0.2) is 11.6 Å². The van der Waals surface area contributed by atoms with Gasteiger partial charge in [-0.1, -0.05) is 17.2 Å². The fraction of sp³-hybridized carbons (Fsp3) is 0.571. The second-order valence-electron chi connectivity index (χ2n) is 5.40. The van der Waals surface area contributed by atoms with Gasteiger partial charge >= 0.3 is 0 Å². The van der Waals surface area contributed by atoms with Gasteiger partial charge in [-0.15, -0.1) is 0 Å². The van der Waals surface area contributed by atoms with Crippen molar-refractivity contribution >= 4 is 11.7 Å². The van der Waals surface area contributed by atoms with Crippen molar-refractivity contribution in [3.63, 3.8) is 0 Å². The van der Waals surface area contributed by atoms with Gasteiger partial charge in [0.1, 0.15) is 5.76 Å². The van der Waals surface area contributed by atoms with E-state index in [2.05, 4.69) is 25.5 Å². The van der Waals surface area contributed by atoms with Crippen molar-refractivity contribution in [3.8, 4) is 0 Å². The van der Waals surface area contributed by atoms with Crippen LogP contribution in [0.2, 0.25) is 0 Å². The van der Waals surface area contributed by atoms with Crippen LogP contribution in [0.3, 0.4) is 0 Å². The standard InChI is InChI=1S/C14H19N5O3/c1-3-13-16-14(18-22-13)10-5-4-6-19(10)8-12(20)15-11-7-9(2)21-17-11/h7,10H,3-6,8H2,1-2H3,(H,15,17,20)/t10-/m1/s1. The molecular weight excluding hydrogens is 286 g/mol. The fourth-order valence-corrected chi connectivity index (χ4v) is 2.65. The van der Waals surface area contributed by atoms with E-state index < -0.39 is 0 Å². The number of aromatic nitrogens is 3. The van der Waals surface area contributed by atoms with Crippen LogP contribution in [0.4, 0.5) is 5.82 Å². The molecule has 8 nitrogen and oxygen atoms in total. The van der Waals surface area contributed by atoms with Crippen LogP contribution in [0, 0.1) is 6.92 Å². The summed E-state index contributed by atoms with van der Waals surface area (Å²) in [4.78, 5) is 18.6. The number of nitrogens with one attached hydrogen (secondary N) is 1. The average molecular weight is 305 g/mol. The molecule has 22 heavy (non-hydrogen) atoms. The Labute approximate surface area is 127 Å². The quantitative estimate of drug-likeness (QED) is 0.897. The Balaban J connectivity index is 1.62. The van der Waals surface area contributed by atoms with Gasteiger partial charge in [-0.2, -0.15) is 4.98 Å². The molecule has 1 N–H and O–H groups in total. The molecule has 0 spiro atoms. The minimum absolute atomic E-state index is 0.0360. The lowest BCUT2D eigenvalue weighted by atomic mass is 10.2. The first-order chi connectivity index (χ1) is 10.7. The molecule has 2 aromatic rings. The monoisotopic (exact) mass is 305 g/mol. The number of likely N-dealkylation sites (tertiary alicyclic amines) is 1. The molecule has 1 atom stereocenters. The van der Waals surface area contributed by atoms with E-state index in [1.807, 2.05) is 6.92 Å². The Morgan fingerprint density at radius 1 is 1.45 bits per heavy atom. The lowest BCUT2D eigenvalue weighted by molar-refractivity contribution is -0.117. The van der Waals surface area contributed by atoms with E-state index in [1.165, 1.54) is 0 Å². The van der Waals surface area contributed by atoms with Crippen LogP contribution in [-0.2, 0) is 11.2 Å². The second kappa shape index (κ2) is 6.27. The Hall–Kier alpha value is -2.22. The highest BCUT2D eigenvalue weighted by Crippen LogP contribution is 2.29. The van der Waals surface area contributed by atoms with Crippen molar-refractivity contribution in [2.75, 3.05) is 18.4 Å². The molecule has 3 rings (SSSR count). The van der Waals surface area contributed by atoms with Gasteiger partial charge in [-0.05, 0) is 26.3 Å². The van der Waals surface area contributed by atoms with Crippen molar-refractivity contribution in [2.45, 2.75) is 39.2 Å². The molecular formula is C14H19N5O3. The summed E-state index contributed by atoms with van der Waals surface area (Å²) in [6.45, 7) is 4.86. The predicted molar refractivity (Wildman–Crippen MR) is 77.1 cm³/mol. The molecule has 0 unspecified atom stereocenters. The van der Waals surface area contributed by atoms with E-state index in [1.54, 1.807) is 13.0 Å².